The fourth-order valence-electron chi connectivity index (χ4n) is 4.91. The number of aromatic nitrogens is 1. The number of nitrogens with zero attached hydrogens (tertiary/aromatic N) is 3. The zero-order valence-corrected chi connectivity index (χ0v) is 19.2. The van der Waals surface area contributed by atoms with E-state index >= 15 is 0 Å². The van der Waals surface area contributed by atoms with Gasteiger partial charge in [-0.2, -0.15) is 0 Å². The van der Waals surface area contributed by atoms with Crippen molar-refractivity contribution in [2.45, 2.75) is 25.8 Å². The second-order valence-electron chi connectivity index (χ2n) is 8.67. The maximum absolute atomic E-state index is 14.6. The minimum Gasteiger partial charge on any atom is -0.493 e. The fourth-order valence-corrected chi connectivity index (χ4v) is 4.91. The average molecular weight is 450 g/mol. The van der Waals surface area contributed by atoms with Crippen molar-refractivity contribution in [3.63, 3.8) is 0 Å². The average Bonchev–Trinajstić information content (AvgIpc) is 3.22. The number of rotatable bonds is 4. The highest BCUT2D eigenvalue weighted by Crippen LogP contribution is 2.40. The van der Waals surface area contributed by atoms with Gasteiger partial charge in [-0.25, -0.2) is 4.39 Å². The summed E-state index contributed by atoms with van der Waals surface area (Å²) in [6.45, 7) is 1.99. The lowest BCUT2D eigenvalue weighted by Crippen LogP contribution is -2.37. The van der Waals surface area contributed by atoms with E-state index in [9.17, 15) is 9.18 Å². The zero-order chi connectivity index (χ0) is 23.1. The second kappa shape index (κ2) is 8.46. The number of hydrogen-bond acceptors (Lipinski definition) is 4. The SMILES string of the molecule is COc1cc2c(cc1OC)C(C(=O)N1CCCCC1)=CN(c1cc(F)cc3c1ccn3C)C2. The van der Waals surface area contributed by atoms with Crippen LogP contribution in [-0.4, -0.2) is 42.7 Å². The number of carbonyl (C=O) groups is 1. The van der Waals surface area contributed by atoms with Gasteiger partial charge in [-0.3, -0.25) is 4.79 Å². The van der Waals surface area contributed by atoms with E-state index in [1.807, 2.05) is 52.0 Å². The molecule has 0 atom stereocenters. The molecule has 7 heteroatoms. The molecule has 1 fully saturated rings. The molecule has 0 aliphatic carbocycles. The van der Waals surface area contributed by atoms with Crippen LogP contribution in [0.4, 0.5) is 10.1 Å². The molecule has 172 valence electrons. The lowest BCUT2D eigenvalue weighted by Gasteiger charge is -2.33. The van der Waals surface area contributed by atoms with Crippen LogP contribution in [0.25, 0.3) is 16.5 Å². The van der Waals surface area contributed by atoms with Crippen molar-refractivity contribution >= 4 is 28.1 Å². The summed E-state index contributed by atoms with van der Waals surface area (Å²) >= 11 is 0. The molecule has 2 aromatic carbocycles. The highest BCUT2D eigenvalue weighted by Gasteiger charge is 2.29. The van der Waals surface area contributed by atoms with E-state index in [-0.39, 0.29) is 11.7 Å². The summed E-state index contributed by atoms with van der Waals surface area (Å²) in [5.41, 5.74) is 3.90. The van der Waals surface area contributed by atoms with Gasteiger partial charge in [0.15, 0.2) is 11.5 Å². The van der Waals surface area contributed by atoms with Crippen LogP contribution in [0.3, 0.4) is 0 Å². The number of piperidine rings is 1. The van der Waals surface area contributed by atoms with Crippen molar-refractivity contribution in [3.05, 3.63) is 59.7 Å². The standard InChI is InChI=1S/C26H28FN3O3/c1-28-10-7-19-22(28)12-18(27)13-23(19)30-15-17-11-24(32-2)25(33-3)14-20(17)21(16-30)26(31)29-8-5-4-6-9-29/h7,10-14,16H,4-6,8-9,15H2,1-3H3. The quantitative estimate of drug-likeness (QED) is 0.579. The Morgan fingerprint density at radius 2 is 1.73 bits per heavy atom. The maximum atomic E-state index is 14.6. The van der Waals surface area contributed by atoms with E-state index < -0.39 is 0 Å². The lowest BCUT2D eigenvalue weighted by molar-refractivity contribution is -0.125. The van der Waals surface area contributed by atoms with Crippen molar-refractivity contribution < 1.29 is 18.7 Å². The summed E-state index contributed by atoms with van der Waals surface area (Å²) in [5.74, 6) is 0.869. The van der Waals surface area contributed by atoms with E-state index in [1.165, 1.54) is 12.1 Å². The van der Waals surface area contributed by atoms with Crippen LogP contribution in [-0.2, 0) is 18.4 Å². The Morgan fingerprint density at radius 3 is 2.45 bits per heavy atom. The Labute approximate surface area is 192 Å². The minimum atomic E-state index is -0.310. The number of hydrogen-bond donors (Lipinski definition) is 0. The Kier molecular flexibility index (Phi) is 5.48. The predicted molar refractivity (Wildman–Crippen MR) is 127 cm³/mol. The summed E-state index contributed by atoms with van der Waals surface area (Å²) in [5, 5.41) is 0.934. The van der Waals surface area contributed by atoms with Gasteiger partial charge in [0.1, 0.15) is 5.82 Å². The molecule has 3 heterocycles. The molecular formula is C26H28FN3O3. The van der Waals surface area contributed by atoms with Gasteiger partial charge in [-0.05, 0) is 60.7 Å². The first-order chi connectivity index (χ1) is 16.0. The lowest BCUT2D eigenvalue weighted by atomic mass is 9.93. The van der Waals surface area contributed by atoms with Crippen molar-refractivity contribution in [2.75, 3.05) is 32.2 Å². The number of ether oxygens (including phenoxy) is 2. The van der Waals surface area contributed by atoms with Crippen LogP contribution in [0.2, 0.25) is 0 Å². The number of anilines is 1. The maximum Gasteiger partial charge on any atom is 0.255 e. The van der Waals surface area contributed by atoms with Crippen LogP contribution in [0, 0.1) is 5.82 Å². The van der Waals surface area contributed by atoms with Crippen LogP contribution in [0.15, 0.2) is 42.7 Å². The molecule has 0 unspecified atom stereocenters. The van der Waals surface area contributed by atoms with Crippen LogP contribution >= 0.6 is 0 Å². The molecule has 0 spiro atoms. The summed E-state index contributed by atoms with van der Waals surface area (Å²) in [7, 11) is 5.09. The van der Waals surface area contributed by atoms with Gasteiger partial charge in [0.2, 0.25) is 0 Å². The van der Waals surface area contributed by atoms with Gasteiger partial charge in [-0.15, -0.1) is 0 Å². The molecule has 1 amide bonds. The summed E-state index contributed by atoms with van der Waals surface area (Å²) in [6, 6.07) is 8.85. The minimum absolute atomic E-state index is 0.00595. The molecule has 0 saturated carbocycles. The van der Waals surface area contributed by atoms with Gasteiger partial charge in [0.05, 0.1) is 31.0 Å². The van der Waals surface area contributed by atoms with E-state index in [0.29, 0.717) is 23.6 Å². The number of carbonyl (C=O) groups excluding carboxylic acids is 1. The molecule has 1 saturated heterocycles. The molecule has 6 nitrogen and oxygen atoms in total. The van der Waals surface area contributed by atoms with E-state index in [2.05, 4.69) is 0 Å². The first-order valence-corrected chi connectivity index (χ1v) is 11.3. The van der Waals surface area contributed by atoms with E-state index in [1.54, 1.807) is 14.2 Å². The number of aryl methyl sites for hydroxylation is 1. The molecule has 5 rings (SSSR count). The number of likely N-dealkylation sites (tertiary alicyclic amines) is 1. The Hall–Kier alpha value is -3.48. The topological polar surface area (TPSA) is 46.9 Å². The van der Waals surface area contributed by atoms with Gasteiger partial charge in [-0.1, -0.05) is 0 Å². The third-order valence-corrected chi connectivity index (χ3v) is 6.65. The summed E-state index contributed by atoms with van der Waals surface area (Å²) < 4.78 is 27.5. The van der Waals surface area contributed by atoms with Crippen molar-refractivity contribution in [1.29, 1.82) is 0 Å². The first-order valence-electron chi connectivity index (χ1n) is 11.3. The zero-order valence-electron chi connectivity index (χ0n) is 19.2. The molecule has 0 bridgehead atoms. The fraction of sp³-hybridized carbons (Fsp3) is 0.346. The van der Waals surface area contributed by atoms with Gasteiger partial charge >= 0.3 is 0 Å². The highest BCUT2D eigenvalue weighted by molar-refractivity contribution is 6.21. The number of halogens is 1. The Bertz CT molecular complexity index is 1260. The van der Waals surface area contributed by atoms with E-state index in [4.69, 9.17) is 9.47 Å². The largest absolute Gasteiger partial charge is 0.493 e. The predicted octanol–water partition coefficient (Wildman–Crippen LogP) is 4.71. The van der Waals surface area contributed by atoms with E-state index in [0.717, 1.165) is 60.1 Å². The third kappa shape index (κ3) is 3.71. The molecular weight excluding hydrogens is 421 g/mol. The van der Waals surface area contributed by atoms with Crippen molar-refractivity contribution in [3.8, 4) is 11.5 Å². The van der Waals surface area contributed by atoms with Crippen molar-refractivity contribution in [2.24, 2.45) is 7.05 Å². The normalized spacial score (nSPS) is 15.9. The van der Waals surface area contributed by atoms with Crippen molar-refractivity contribution in [1.82, 2.24) is 9.47 Å². The summed E-state index contributed by atoms with van der Waals surface area (Å²) in [6.07, 6.45) is 6.95. The third-order valence-electron chi connectivity index (χ3n) is 6.65. The Morgan fingerprint density at radius 1 is 1.00 bits per heavy atom. The van der Waals surface area contributed by atoms with Crippen LogP contribution in [0.1, 0.15) is 30.4 Å². The summed E-state index contributed by atoms with van der Waals surface area (Å²) in [4.78, 5) is 17.6. The Balaban J connectivity index is 1.67. The van der Waals surface area contributed by atoms with Crippen LogP contribution in [0.5, 0.6) is 11.5 Å². The smallest absolute Gasteiger partial charge is 0.255 e. The number of fused-ring (bicyclic) bond motifs is 2. The number of methoxy groups -OCH3 is 2. The monoisotopic (exact) mass is 449 g/mol. The number of benzene rings is 2. The molecule has 2 aliphatic heterocycles. The van der Waals surface area contributed by atoms with Crippen LogP contribution < -0.4 is 14.4 Å². The molecule has 3 aromatic rings. The molecule has 0 N–H and O–H groups in total. The first kappa shape index (κ1) is 21.4. The number of amides is 1. The molecule has 0 radical (unpaired) electrons. The van der Waals surface area contributed by atoms with Gasteiger partial charge in [0.25, 0.3) is 5.91 Å². The molecule has 2 aliphatic rings. The highest BCUT2D eigenvalue weighted by atomic mass is 19.1. The molecule has 33 heavy (non-hydrogen) atoms. The van der Waals surface area contributed by atoms with Gasteiger partial charge in [0, 0.05) is 44.5 Å². The van der Waals surface area contributed by atoms with Gasteiger partial charge < -0.3 is 23.8 Å². The molecule has 1 aromatic heterocycles. The second-order valence-corrected chi connectivity index (χ2v) is 8.67.